The van der Waals surface area contributed by atoms with E-state index in [0.29, 0.717) is 6.04 Å². The number of pyridine rings is 1. The predicted octanol–water partition coefficient (Wildman–Crippen LogP) is 1.97. The molecule has 62 valence electrons. The summed E-state index contributed by atoms with van der Waals surface area (Å²) in [5.74, 6) is 0. The molecule has 0 aromatic carbocycles. The van der Waals surface area contributed by atoms with Gasteiger partial charge in [-0.05, 0) is 24.3 Å². The molecule has 2 heteroatoms. The first-order valence-corrected chi connectivity index (χ1v) is 4.16. The molecule has 12 heavy (non-hydrogen) atoms. The summed E-state index contributed by atoms with van der Waals surface area (Å²) in [6.45, 7) is 0. The van der Waals surface area contributed by atoms with E-state index in [4.69, 9.17) is 0 Å². The first-order chi connectivity index (χ1) is 5.88. The van der Waals surface area contributed by atoms with Gasteiger partial charge in [-0.1, -0.05) is 12.1 Å². The molecule has 0 N–H and O–H groups in total. The van der Waals surface area contributed by atoms with Gasteiger partial charge in [0, 0.05) is 19.4 Å². The first kappa shape index (κ1) is 7.35. The van der Waals surface area contributed by atoms with Crippen LogP contribution < -0.4 is 0 Å². The van der Waals surface area contributed by atoms with Gasteiger partial charge >= 0.3 is 0 Å². The van der Waals surface area contributed by atoms with Crippen LogP contribution in [0.3, 0.4) is 0 Å². The summed E-state index contributed by atoms with van der Waals surface area (Å²) < 4.78 is 0. The molecule has 1 atom stereocenters. The van der Waals surface area contributed by atoms with Gasteiger partial charge in [-0.3, -0.25) is 4.98 Å². The van der Waals surface area contributed by atoms with E-state index in [1.807, 2.05) is 18.5 Å². The van der Waals surface area contributed by atoms with E-state index in [1.54, 1.807) is 0 Å². The lowest BCUT2D eigenvalue weighted by molar-refractivity contribution is 0.367. The van der Waals surface area contributed by atoms with Crippen molar-refractivity contribution in [3.63, 3.8) is 0 Å². The van der Waals surface area contributed by atoms with E-state index in [1.165, 1.54) is 5.56 Å². The zero-order chi connectivity index (χ0) is 8.39. The summed E-state index contributed by atoms with van der Waals surface area (Å²) in [6, 6.07) is 4.61. The molecule has 2 nitrogen and oxygen atoms in total. The second-order valence-electron chi connectivity index (χ2n) is 3.09. The van der Waals surface area contributed by atoms with Crippen molar-refractivity contribution in [3.05, 3.63) is 42.4 Å². The van der Waals surface area contributed by atoms with Crippen molar-refractivity contribution in [2.24, 2.45) is 0 Å². The van der Waals surface area contributed by atoms with Gasteiger partial charge in [-0.2, -0.15) is 0 Å². The van der Waals surface area contributed by atoms with Crippen LogP contribution in [0.25, 0.3) is 0 Å². The fourth-order valence-corrected chi connectivity index (χ4v) is 1.57. The highest BCUT2D eigenvalue weighted by atomic mass is 15.1. The molecule has 0 saturated heterocycles. The van der Waals surface area contributed by atoms with Crippen molar-refractivity contribution in [1.82, 2.24) is 9.88 Å². The lowest BCUT2D eigenvalue weighted by Gasteiger charge is -2.20. The number of rotatable bonds is 1. The number of hydrogen-bond donors (Lipinski definition) is 0. The highest BCUT2D eigenvalue weighted by Crippen LogP contribution is 2.27. The van der Waals surface area contributed by atoms with E-state index in [-0.39, 0.29) is 0 Å². The van der Waals surface area contributed by atoms with Crippen molar-refractivity contribution in [1.29, 1.82) is 0 Å². The summed E-state index contributed by atoms with van der Waals surface area (Å²) in [5.41, 5.74) is 1.30. The minimum Gasteiger partial charge on any atom is -0.373 e. The van der Waals surface area contributed by atoms with Crippen LogP contribution in [0.5, 0.6) is 0 Å². The third kappa shape index (κ3) is 1.20. The molecule has 1 aliphatic rings. The van der Waals surface area contributed by atoms with Gasteiger partial charge in [0.25, 0.3) is 0 Å². The maximum absolute atomic E-state index is 4.11. The van der Waals surface area contributed by atoms with Gasteiger partial charge in [0.2, 0.25) is 0 Å². The van der Waals surface area contributed by atoms with Crippen molar-refractivity contribution >= 4 is 0 Å². The summed E-state index contributed by atoms with van der Waals surface area (Å²) >= 11 is 0. The number of aromatic nitrogens is 1. The average Bonchev–Trinajstić information content (AvgIpc) is 2.53. The Kier molecular flexibility index (Phi) is 1.82. The topological polar surface area (TPSA) is 16.1 Å². The van der Waals surface area contributed by atoms with E-state index in [2.05, 4.69) is 35.3 Å². The van der Waals surface area contributed by atoms with E-state index in [9.17, 15) is 0 Å². The standard InChI is InChI=1S/C10H12N2/c1-12-7-3-5-10(12)9-4-2-6-11-8-9/h2-4,6-8,10H,5H2,1H3/t10-/m0/s1. The maximum Gasteiger partial charge on any atom is 0.0583 e. The Morgan fingerprint density at radius 3 is 3.08 bits per heavy atom. The van der Waals surface area contributed by atoms with Crippen molar-refractivity contribution < 1.29 is 0 Å². The van der Waals surface area contributed by atoms with Gasteiger partial charge < -0.3 is 4.90 Å². The van der Waals surface area contributed by atoms with Gasteiger partial charge in [-0.15, -0.1) is 0 Å². The van der Waals surface area contributed by atoms with Crippen LogP contribution in [-0.2, 0) is 0 Å². The third-order valence-corrected chi connectivity index (χ3v) is 2.26. The van der Waals surface area contributed by atoms with Gasteiger partial charge in [-0.25, -0.2) is 0 Å². The van der Waals surface area contributed by atoms with Crippen molar-refractivity contribution in [2.45, 2.75) is 12.5 Å². The van der Waals surface area contributed by atoms with E-state index in [0.717, 1.165) is 6.42 Å². The minimum absolute atomic E-state index is 0.499. The lowest BCUT2D eigenvalue weighted by Crippen LogP contribution is -2.13. The van der Waals surface area contributed by atoms with Crippen LogP contribution in [0, 0.1) is 0 Å². The monoisotopic (exact) mass is 160 g/mol. The highest BCUT2D eigenvalue weighted by molar-refractivity contribution is 5.18. The Bertz CT molecular complexity index is 279. The largest absolute Gasteiger partial charge is 0.373 e. The van der Waals surface area contributed by atoms with Crippen LogP contribution in [0.15, 0.2) is 36.8 Å². The predicted molar refractivity (Wildman–Crippen MR) is 48.5 cm³/mol. The smallest absolute Gasteiger partial charge is 0.0583 e. The maximum atomic E-state index is 4.11. The van der Waals surface area contributed by atoms with Crippen LogP contribution in [0.1, 0.15) is 18.0 Å². The molecule has 0 spiro atoms. The van der Waals surface area contributed by atoms with Crippen LogP contribution in [0.4, 0.5) is 0 Å². The Balaban J connectivity index is 2.22. The zero-order valence-electron chi connectivity index (χ0n) is 7.14. The van der Waals surface area contributed by atoms with E-state index >= 15 is 0 Å². The minimum atomic E-state index is 0.499. The number of nitrogens with zero attached hydrogens (tertiary/aromatic N) is 2. The van der Waals surface area contributed by atoms with Crippen molar-refractivity contribution in [3.8, 4) is 0 Å². The van der Waals surface area contributed by atoms with Crippen LogP contribution in [0.2, 0.25) is 0 Å². The Morgan fingerprint density at radius 1 is 1.58 bits per heavy atom. The molecular weight excluding hydrogens is 148 g/mol. The second kappa shape index (κ2) is 2.97. The van der Waals surface area contributed by atoms with E-state index < -0.39 is 0 Å². The second-order valence-corrected chi connectivity index (χ2v) is 3.09. The van der Waals surface area contributed by atoms with Gasteiger partial charge in [0.15, 0.2) is 0 Å². The molecule has 0 radical (unpaired) electrons. The molecule has 0 unspecified atom stereocenters. The Hall–Kier alpha value is -1.31. The SMILES string of the molecule is CN1C=CC[C@H]1c1cccnc1. The first-order valence-electron chi connectivity index (χ1n) is 4.16. The Labute approximate surface area is 72.5 Å². The molecule has 0 saturated carbocycles. The summed E-state index contributed by atoms with van der Waals surface area (Å²) in [5, 5.41) is 0. The van der Waals surface area contributed by atoms with Crippen molar-refractivity contribution in [2.75, 3.05) is 7.05 Å². The van der Waals surface area contributed by atoms with Gasteiger partial charge in [0.05, 0.1) is 6.04 Å². The van der Waals surface area contributed by atoms with Crippen LogP contribution in [-0.4, -0.2) is 16.9 Å². The molecule has 0 aliphatic carbocycles. The molecule has 1 aromatic rings. The normalized spacial score (nSPS) is 21.8. The van der Waals surface area contributed by atoms with Gasteiger partial charge in [0.1, 0.15) is 0 Å². The zero-order valence-corrected chi connectivity index (χ0v) is 7.14. The molecular formula is C10H12N2. The molecule has 1 aliphatic heterocycles. The molecule has 1 aromatic heterocycles. The fourth-order valence-electron chi connectivity index (χ4n) is 1.57. The fraction of sp³-hybridized carbons (Fsp3) is 0.300. The highest BCUT2D eigenvalue weighted by Gasteiger charge is 2.16. The Morgan fingerprint density at radius 2 is 2.50 bits per heavy atom. The molecule has 0 bridgehead atoms. The third-order valence-electron chi connectivity index (χ3n) is 2.26. The summed E-state index contributed by atoms with van der Waals surface area (Å²) in [4.78, 5) is 6.33. The summed E-state index contributed by atoms with van der Waals surface area (Å²) in [6.07, 6.45) is 9.16. The molecule has 0 amide bonds. The number of hydrogen-bond acceptors (Lipinski definition) is 2. The summed E-state index contributed by atoms with van der Waals surface area (Å²) in [7, 11) is 2.10. The van der Waals surface area contributed by atoms with Crippen LogP contribution >= 0.6 is 0 Å². The average molecular weight is 160 g/mol. The molecule has 0 fully saturated rings. The quantitative estimate of drug-likeness (QED) is 0.624. The lowest BCUT2D eigenvalue weighted by atomic mass is 10.1. The molecule has 2 rings (SSSR count). The molecule has 2 heterocycles.